The molecule has 0 aromatic heterocycles. The second-order valence-electron chi connectivity index (χ2n) is 5.50. The first-order chi connectivity index (χ1) is 7.19. The van der Waals surface area contributed by atoms with Crippen molar-refractivity contribution in [2.24, 2.45) is 11.1 Å². The molecule has 0 aromatic rings. The van der Waals surface area contributed by atoms with Crippen LogP contribution in [0.3, 0.4) is 0 Å². The van der Waals surface area contributed by atoms with Crippen LogP contribution in [0.25, 0.3) is 0 Å². The first kappa shape index (κ1) is 15.4. The van der Waals surface area contributed by atoms with Crippen LogP contribution < -0.4 is 5.73 Å². The van der Waals surface area contributed by atoms with E-state index < -0.39 is 11.5 Å². The Morgan fingerprint density at radius 2 is 1.81 bits per heavy atom. The molecule has 0 saturated carbocycles. The van der Waals surface area contributed by atoms with Gasteiger partial charge in [-0.05, 0) is 25.7 Å². The summed E-state index contributed by atoms with van der Waals surface area (Å²) in [5.74, 6) is -0.411. The third kappa shape index (κ3) is 6.80. The highest BCUT2D eigenvalue weighted by molar-refractivity contribution is 5.80. The van der Waals surface area contributed by atoms with E-state index in [0.717, 1.165) is 6.42 Å². The summed E-state index contributed by atoms with van der Waals surface area (Å²) in [6, 6.07) is 0. The lowest BCUT2D eigenvalue weighted by Gasteiger charge is -2.23. The van der Waals surface area contributed by atoms with E-state index in [2.05, 4.69) is 20.8 Å². The summed E-state index contributed by atoms with van der Waals surface area (Å²) < 4.78 is 10.3. The van der Waals surface area contributed by atoms with Crippen LogP contribution in [0, 0.1) is 5.41 Å². The molecule has 0 spiro atoms. The number of carbonyl (C=O) groups excluding carboxylic acids is 1. The quantitative estimate of drug-likeness (QED) is 0.558. The molecule has 0 heterocycles. The largest absolute Gasteiger partial charge is 0.465 e. The van der Waals surface area contributed by atoms with E-state index in [0.29, 0.717) is 13.2 Å². The summed E-state index contributed by atoms with van der Waals surface area (Å²) in [5.41, 5.74) is 4.98. The van der Waals surface area contributed by atoms with Gasteiger partial charge in [-0.3, -0.25) is 0 Å². The van der Waals surface area contributed by atoms with E-state index in [1.807, 2.05) is 0 Å². The highest BCUT2D eigenvalue weighted by atomic mass is 16.5. The zero-order valence-corrected chi connectivity index (χ0v) is 11.1. The first-order valence-electron chi connectivity index (χ1n) is 5.73. The Hall–Kier alpha value is -0.610. The lowest BCUT2D eigenvalue weighted by Crippen LogP contribution is -2.50. The summed E-state index contributed by atoms with van der Waals surface area (Å²) in [4.78, 5) is 11.4. The molecule has 1 unspecified atom stereocenters. The summed E-state index contributed by atoms with van der Waals surface area (Å²) in [5, 5.41) is 0. The van der Waals surface area contributed by atoms with E-state index in [1.165, 1.54) is 0 Å². The number of hydrogen-bond donors (Lipinski definition) is 1. The number of esters is 1. The normalized spacial score (nSPS) is 15.6. The summed E-state index contributed by atoms with van der Waals surface area (Å²) in [6.07, 6.45) is 0.936. The molecule has 4 nitrogen and oxygen atoms in total. The van der Waals surface area contributed by atoms with Gasteiger partial charge in [0.2, 0.25) is 0 Å². The maximum absolute atomic E-state index is 11.4. The van der Waals surface area contributed by atoms with Gasteiger partial charge < -0.3 is 15.2 Å². The second kappa shape index (κ2) is 6.21. The molecule has 0 aliphatic rings. The zero-order valence-electron chi connectivity index (χ0n) is 11.1. The molecule has 0 saturated heterocycles. The number of nitrogens with two attached hydrogens (primary N) is 1. The van der Waals surface area contributed by atoms with Crippen molar-refractivity contribution in [2.75, 3.05) is 19.8 Å². The lowest BCUT2D eigenvalue weighted by molar-refractivity contribution is -0.151. The Bertz CT molecular complexity index is 219. The van der Waals surface area contributed by atoms with Crippen LogP contribution in [-0.2, 0) is 14.3 Å². The average molecular weight is 231 g/mol. The predicted octanol–water partition coefficient (Wildman–Crippen LogP) is 1.72. The minimum Gasteiger partial charge on any atom is -0.465 e. The van der Waals surface area contributed by atoms with Crippen molar-refractivity contribution in [1.29, 1.82) is 0 Å². The molecule has 0 radical (unpaired) electrons. The molecule has 1 atom stereocenters. The maximum atomic E-state index is 11.4. The monoisotopic (exact) mass is 231 g/mol. The van der Waals surface area contributed by atoms with Crippen LogP contribution in [0.5, 0.6) is 0 Å². The molecule has 0 bridgehead atoms. The maximum Gasteiger partial charge on any atom is 0.328 e. The molecular formula is C12H25NO3. The summed E-state index contributed by atoms with van der Waals surface area (Å²) in [6.45, 7) is 11.0. The van der Waals surface area contributed by atoms with Gasteiger partial charge in [0.15, 0.2) is 0 Å². The molecule has 0 rings (SSSR count). The number of rotatable bonds is 6. The SMILES string of the molecule is CCOC(=O)C(C)(N)COCCC(C)(C)C. The molecule has 0 fully saturated rings. The van der Waals surface area contributed by atoms with Crippen molar-refractivity contribution in [3.63, 3.8) is 0 Å². The van der Waals surface area contributed by atoms with Crippen molar-refractivity contribution in [1.82, 2.24) is 0 Å². The fourth-order valence-electron chi connectivity index (χ4n) is 1.02. The molecule has 0 aromatic carbocycles. The van der Waals surface area contributed by atoms with E-state index in [9.17, 15) is 4.79 Å². The molecule has 0 aliphatic carbocycles. The van der Waals surface area contributed by atoms with Crippen molar-refractivity contribution in [3.05, 3.63) is 0 Å². The van der Waals surface area contributed by atoms with Crippen LogP contribution in [0.15, 0.2) is 0 Å². The topological polar surface area (TPSA) is 61.5 Å². The van der Waals surface area contributed by atoms with Gasteiger partial charge in [0.1, 0.15) is 5.54 Å². The second-order valence-corrected chi connectivity index (χ2v) is 5.50. The molecule has 4 heteroatoms. The first-order valence-corrected chi connectivity index (χ1v) is 5.73. The van der Waals surface area contributed by atoms with Crippen LogP contribution in [-0.4, -0.2) is 31.3 Å². The Labute approximate surface area is 98.5 Å². The smallest absolute Gasteiger partial charge is 0.328 e. The van der Waals surface area contributed by atoms with Crippen LogP contribution in [0.1, 0.15) is 41.0 Å². The van der Waals surface area contributed by atoms with Gasteiger partial charge in [-0.2, -0.15) is 0 Å². The van der Waals surface area contributed by atoms with Gasteiger partial charge >= 0.3 is 5.97 Å². The van der Waals surface area contributed by atoms with Gasteiger partial charge in [0.25, 0.3) is 0 Å². The fraction of sp³-hybridized carbons (Fsp3) is 0.917. The molecule has 96 valence electrons. The summed E-state index contributed by atoms with van der Waals surface area (Å²) >= 11 is 0. The average Bonchev–Trinajstić information content (AvgIpc) is 2.11. The zero-order chi connectivity index (χ0) is 12.8. The highest BCUT2D eigenvalue weighted by Gasteiger charge is 2.30. The van der Waals surface area contributed by atoms with E-state index in [-0.39, 0.29) is 12.0 Å². The van der Waals surface area contributed by atoms with Gasteiger partial charge in [0.05, 0.1) is 13.2 Å². The predicted molar refractivity (Wildman–Crippen MR) is 64.1 cm³/mol. The Morgan fingerprint density at radius 1 is 1.25 bits per heavy atom. The Kier molecular flexibility index (Phi) is 5.97. The number of hydrogen-bond acceptors (Lipinski definition) is 4. The molecular weight excluding hydrogens is 206 g/mol. The lowest BCUT2D eigenvalue weighted by atomic mass is 9.93. The van der Waals surface area contributed by atoms with Crippen molar-refractivity contribution in [3.8, 4) is 0 Å². The minimum absolute atomic E-state index is 0.196. The number of carbonyl (C=O) groups is 1. The van der Waals surface area contributed by atoms with E-state index in [4.69, 9.17) is 15.2 Å². The third-order valence-corrected chi connectivity index (χ3v) is 2.14. The van der Waals surface area contributed by atoms with Crippen LogP contribution in [0.2, 0.25) is 0 Å². The van der Waals surface area contributed by atoms with Gasteiger partial charge in [-0.25, -0.2) is 4.79 Å². The Morgan fingerprint density at radius 3 is 2.25 bits per heavy atom. The summed E-state index contributed by atoms with van der Waals surface area (Å²) in [7, 11) is 0. The van der Waals surface area contributed by atoms with Gasteiger partial charge in [-0.1, -0.05) is 20.8 Å². The number of ether oxygens (including phenoxy) is 2. The molecule has 0 amide bonds. The van der Waals surface area contributed by atoms with Crippen LogP contribution >= 0.6 is 0 Å². The van der Waals surface area contributed by atoms with Crippen molar-refractivity contribution in [2.45, 2.75) is 46.6 Å². The standard InChI is InChI=1S/C12H25NO3/c1-6-16-10(14)12(5,13)9-15-8-7-11(2,3)4/h6-9,13H2,1-5H3. The molecule has 0 aliphatic heterocycles. The molecule has 2 N–H and O–H groups in total. The van der Waals surface area contributed by atoms with Crippen LogP contribution in [0.4, 0.5) is 0 Å². The third-order valence-electron chi connectivity index (χ3n) is 2.14. The van der Waals surface area contributed by atoms with Crippen molar-refractivity contribution >= 4 is 5.97 Å². The van der Waals surface area contributed by atoms with Gasteiger partial charge in [-0.15, -0.1) is 0 Å². The highest BCUT2D eigenvalue weighted by Crippen LogP contribution is 2.18. The van der Waals surface area contributed by atoms with E-state index in [1.54, 1.807) is 13.8 Å². The van der Waals surface area contributed by atoms with Crippen molar-refractivity contribution < 1.29 is 14.3 Å². The minimum atomic E-state index is -1.05. The van der Waals surface area contributed by atoms with Gasteiger partial charge in [0, 0.05) is 6.61 Å². The fourth-order valence-corrected chi connectivity index (χ4v) is 1.02. The molecule has 16 heavy (non-hydrogen) atoms. The Balaban J connectivity index is 3.87. The van der Waals surface area contributed by atoms with E-state index >= 15 is 0 Å².